The number of benzene rings is 2. The van der Waals surface area contributed by atoms with Crippen LogP contribution in [0.15, 0.2) is 59.1 Å². The lowest BCUT2D eigenvalue weighted by Gasteiger charge is -2.07. The van der Waals surface area contributed by atoms with Gasteiger partial charge in [0.2, 0.25) is 0 Å². The summed E-state index contributed by atoms with van der Waals surface area (Å²) in [7, 11) is 0. The van der Waals surface area contributed by atoms with Crippen LogP contribution in [0.4, 0.5) is 0 Å². The maximum absolute atomic E-state index is 12.5. The van der Waals surface area contributed by atoms with Crippen molar-refractivity contribution in [3.8, 4) is 5.69 Å². The minimum Gasteiger partial charge on any atom is -0.352 e. The number of halogens is 2. The van der Waals surface area contributed by atoms with Gasteiger partial charge in [0, 0.05) is 11.0 Å². The summed E-state index contributed by atoms with van der Waals surface area (Å²) < 4.78 is 2.62. The van der Waals surface area contributed by atoms with Crippen LogP contribution in [-0.4, -0.2) is 22.2 Å². The molecule has 0 atom stereocenters. The van der Waals surface area contributed by atoms with Crippen LogP contribution in [0.25, 0.3) is 5.69 Å². The van der Waals surface area contributed by atoms with Gasteiger partial charge in [0.05, 0.1) is 16.9 Å². The number of aromatic nitrogens is 2. The second-order valence-corrected chi connectivity index (χ2v) is 6.81. The SMILES string of the molecule is Cc1nn(-c2ccccc2)c(Cl)c1C(=O)NCCc1ccccc1Br. The molecule has 0 unspecified atom stereocenters. The highest BCUT2D eigenvalue weighted by Gasteiger charge is 2.20. The van der Waals surface area contributed by atoms with Gasteiger partial charge in [0.25, 0.3) is 5.91 Å². The Bertz CT molecular complexity index is 893. The Labute approximate surface area is 159 Å². The molecule has 0 spiro atoms. The predicted octanol–water partition coefficient (Wildman–Crippen LogP) is 4.57. The molecule has 1 aromatic heterocycles. The first-order chi connectivity index (χ1) is 12.1. The van der Waals surface area contributed by atoms with Gasteiger partial charge in [-0.25, -0.2) is 4.68 Å². The molecular formula is C19H17BrClN3O. The van der Waals surface area contributed by atoms with Gasteiger partial charge in [0.1, 0.15) is 5.15 Å². The van der Waals surface area contributed by atoms with E-state index >= 15 is 0 Å². The third kappa shape index (κ3) is 3.94. The molecule has 1 N–H and O–H groups in total. The molecule has 25 heavy (non-hydrogen) atoms. The summed E-state index contributed by atoms with van der Waals surface area (Å²) >= 11 is 9.93. The monoisotopic (exact) mass is 417 g/mol. The second-order valence-electron chi connectivity index (χ2n) is 5.60. The molecule has 0 saturated heterocycles. The number of para-hydroxylation sites is 1. The van der Waals surface area contributed by atoms with Gasteiger partial charge in [-0.1, -0.05) is 63.9 Å². The van der Waals surface area contributed by atoms with E-state index in [0.29, 0.717) is 23.0 Å². The van der Waals surface area contributed by atoms with Gasteiger partial charge in [0.15, 0.2) is 0 Å². The zero-order valence-corrected chi connectivity index (χ0v) is 16.0. The molecule has 0 aliphatic carbocycles. The fourth-order valence-corrected chi connectivity index (χ4v) is 3.44. The Morgan fingerprint density at radius 3 is 2.56 bits per heavy atom. The summed E-state index contributed by atoms with van der Waals surface area (Å²) in [5.74, 6) is -0.211. The van der Waals surface area contributed by atoms with E-state index in [-0.39, 0.29) is 5.91 Å². The minimum absolute atomic E-state index is 0.211. The molecule has 6 heteroatoms. The Morgan fingerprint density at radius 1 is 1.16 bits per heavy atom. The predicted molar refractivity (Wildman–Crippen MR) is 103 cm³/mol. The van der Waals surface area contributed by atoms with E-state index in [1.165, 1.54) is 0 Å². The van der Waals surface area contributed by atoms with Gasteiger partial charge in [-0.05, 0) is 37.1 Å². The van der Waals surface area contributed by atoms with Crippen LogP contribution in [0.1, 0.15) is 21.6 Å². The molecule has 1 amide bonds. The maximum Gasteiger partial charge on any atom is 0.256 e. The summed E-state index contributed by atoms with van der Waals surface area (Å²) in [5.41, 5.74) is 2.98. The first-order valence-corrected chi connectivity index (χ1v) is 9.07. The molecule has 0 aliphatic heterocycles. The number of carbonyl (C=O) groups excluding carboxylic acids is 1. The third-order valence-corrected chi connectivity index (χ3v) is 4.99. The molecule has 0 bridgehead atoms. The largest absolute Gasteiger partial charge is 0.352 e. The number of nitrogens with zero attached hydrogens (tertiary/aromatic N) is 2. The highest BCUT2D eigenvalue weighted by molar-refractivity contribution is 9.10. The molecule has 3 rings (SSSR count). The zero-order valence-electron chi connectivity index (χ0n) is 13.7. The number of aryl methyl sites for hydroxylation is 1. The average molecular weight is 419 g/mol. The van der Waals surface area contributed by atoms with Crippen LogP contribution in [-0.2, 0) is 6.42 Å². The average Bonchev–Trinajstić information content (AvgIpc) is 2.92. The fraction of sp³-hybridized carbons (Fsp3) is 0.158. The van der Waals surface area contributed by atoms with E-state index in [2.05, 4.69) is 26.3 Å². The zero-order chi connectivity index (χ0) is 17.8. The van der Waals surface area contributed by atoms with Gasteiger partial charge in [-0.2, -0.15) is 5.10 Å². The van der Waals surface area contributed by atoms with E-state index in [1.54, 1.807) is 11.6 Å². The molecule has 3 aromatic rings. The molecular weight excluding hydrogens is 402 g/mol. The number of rotatable bonds is 5. The summed E-state index contributed by atoms with van der Waals surface area (Å²) in [6.07, 6.45) is 0.733. The van der Waals surface area contributed by atoms with Crippen molar-refractivity contribution in [2.75, 3.05) is 6.54 Å². The van der Waals surface area contributed by atoms with Crippen LogP contribution in [0.2, 0.25) is 5.15 Å². The molecule has 0 saturated carbocycles. The van der Waals surface area contributed by atoms with Crippen molar-refractivity contribution in [1.82, 2.24) is 15.1 Å². The number of nitrogens with one attached hydrogen (secondary N) is 1. The fourth-order valence-electron chi connectivity index (χ4n) is 2.60. The van der Waals surface area contributed by atoms with Crippen molar-refractivity contribution in [2.24, 2.45) is 0 Å². The van der Waals surface area contributed by atoms with Crippen molar-refractivity contribution < 1.29 is 4.79 Å². The molecule has 0 radical (unpaired) electrons. The smallest absolute Gasteiger partial charge is 0.256 e. The highest BCUT2D eigenvalue weighted by Crippen LogP contribution is 2.23. The normalized spacial score (nSPS) is 10.7. The summed E-state index contributed by atoms with van der Waals surface area (Å²) in [5, 5.41) is 7.64. The Morgan fingerprint density at radius 2 is 1.84 bits per heavy atom. The van der Waals surface area contributed by atoms with Crippen LogP contribution in [0, 0.1) is 6.92 Å². The Hall–Kier alpha value is -2.11. The number of hydrogen-bond donors (Lipinski definition) is 1. The van der Waals surface area contributed by atoms with Crippen molar-refractivity contribution in [2.45, 2.75) is 13.3 Å². The summed E-state index contributed by atoms with van der Waals surface area (Å²) in [6, 6.07) is 17.5. The van der Waals surface area contributed by atoms with Crippen LogP contribution in [0.3, 0.4) is 0 Å². The quantitative estimate of drug-likeness (QED) is 0.660. The molecule has 4 nitrogen and oxygen atoms in total. The highest BCUT2D eigenvalue weighted by atomic mass is 79.9. The van der Waals surface area contributed by atoms with Gasteiger partial charge in [-0.3, -0.25) is 4.79 Å². The van der Waals surface area contributed by atoms with Gasteiger partial charge in [-0.15, -0.1) is 0 Å². The van der Waals surface area contributed by atoms with Crippen molar-refractivity contribution in [3.63, 3.8) is 0 Å². The Kier molecular flexibility index (Phi) is 5.56. The second kappa shape index (κ2) is 7.85. The van der Waals surface area contributed by atoms with Crippen LogP contribution in [0.5, 0.6) is 0 Å². The first-order valence-electron chi connectivity index (χ1n) is 7.90. The maximum atomic E-state index is 12.5. The lowest BCUT2D eigenvalue weighted by Crippen LogP contribution is -2.26. The van der Waals surface area contributed by atoms with Crippen molar-refractivity contribution in [3.05, 3.63) is 81.0 Å². The van der Waals surface area contributed by atoms with E-state index in [4.69, 9.17) is 11.6 Å². The number of hydrogen-bond acceptors (Lipinski definition) is 2. The van der Waals surface area contributed by atoms with E-state index in [1.807, 2.05) is 54.6 Å². The van der Waals surface area contributed by atoms with Crippen molar-refractivity contribution >= 4 is 33.4 Å². The Balaban J connectivity index is 1.72. The molecule has 2 aromatic carbocycles. The standard InChI is InChI=1S/C19H17BrClN3O/c1-13-17(18(21)24(23-13)15-8-3-2-4-9-15)19(25)22-12-11-14-7-5-6-10-16(14)20/h2-10H,11-12H2,1H3,(H,22,25). The minimum atomic E-state index is -0.211. The number of amides is 1. The molecule has 0 fully saturated rings. The molecule has 1 heterocycles. The summed E-state index contributed by atoms with van der Waals surface area (Å²) in [4.78, 5) is 12.5. The van der Waals surface area contributed by atoms with Crippen LogP contribution >= 0.6 is 27.5 Å². The van der Waals surface area contributed by atoms with Gasteiger partial charge >= 0.3 is 0 Å². The van der Waals surface area contributed by atoms with Crippen LogP contribution < -0.4 is 5.32 Å². The van der Waals surface area contributed by atoms with E-state index in [0.717, 1.165) is 22.1 Å². The van der Waals surface area contributed by atoms with Crippen molar-refractivity contribution in [1.29, 1.82) is 0 Å². The van der Waals surface area contributed by atoms with E-state index in [9.17, 15) is 4.79 Å². The topological polar surface area (TPSA) is 46.9 Å². The third-order valence-electron chi connectivity index (χ3n) is 3.87. The van der Waals surface area contributed by atoms with Gasteiger partial charge < -0.3 is 5.32 Å². The number of carbonyl (C=O) groups is 1. The molecule has 0 aliphatic rings. The summed E-state index contributed by atoms with van der Waals surface area (Å²) in [6.45, 7) is 2.31. The lowest BCUT2D eigenvalue weighted by molar-refractivity contribution is 0.0953. The lowest BCUT2D eigenvalue weighted by atomic mass is 10.1. The molecule has 128 valence electrons. The first kappa shape index (κ1) is 17.7. The van der Waals surface area contributed by atoms with E-state index < -0.39 is 0 Å².